The molecule has 1 aromatic rings. The number of hydrogen-bond donors (Lipinski definition) is 2. The van der Waals surface area contributed by atoms with Crippen LogP contribution < -0.4 is 5.32 Å². The van der Waals surface area contributed by atoms with Crippen molar-refractivity contribution in [2.24, 2.45) is 0 Å². The molecule has 1 rings (SSSR count). The Hall–Kier alpha value is -1.55. The Kier molecular flexibility index (Phi) is 5.16. The number of rotatable bonds is 5. The molecule has 0 aliphatic heterocycles. The molecule has 2 unspecified atom stereocenters. The van der Waals surface area contributed by atoms with Gasteiger partial charge in [0.25, 0.3) is 0 Å². The summed E-state index contributed by atoms with van der Waals surface area (Å²) in [7, 11) is 0. The SMILES string of the molecule is CCOC(=O)C(C)NC(C)c1ccc(C)cc1O. The number of benzene rings is 1. The van der Waals surface area contributed by atoms with E-state index < -0.39 is 6.04 Å². The molecule has 4 heteroatoms. The van der Waals surface area contributed by atoms with Crippen LogP contribution in [0.4, 0.5) is 0 Å². The Morgan fingerprint density at radius 1 is 1.44 bits per heavy atom. The third kappa shape index (κ3) is 3.74. The van der Waals surface area contributed by atoms with E-state index in [-0.39, 0.29) is 17.8 Å². The number of nitrogens with one attached hydrogen (secondary N) is 1. The Bertz CT molecular complexity index is 418. The molecule has 0 bridgehead atoms. The molecule has 0 aliphatic carbocycles. The maximum atomic E-state index is 11.5. The van der Waals surface area contributed by atoms with Gasteiger partial charge in [0, 0.05) is 11.6 Å². The van der Waals surface area contributed by atoms with Gasteiger partial charge >= 0.3 is 5.97 Å². The largest absolute Gasteiger partial charge is 0.508 e. The van der Waals surface area contributed by atoms with Gasteiger partial charge in [-0.2, -0.15) is 0 Å². The van der Waals surface area contributed by atoms with Crippen LogP contribution in [0, 0.1) is 6.92 Å². The molecular weight excluding hydrogens is 230 g/mol. The molecule has 0 aromatic heterocycles. The zero-order valence-electron chi connectivity index (χ0n) is 11.4. The van der Waals surface area contributed by atoms with Crippen molar-refractivity contribution >= 4 is 5.97 Å². The molecule has 2 N–H and O–H groups in total. The summed E-state index contributed by atoms with van der Waals surface area (Å²) in [5.74, 6) is -0.0398. The van der Waals surface area contributed by atoms with Gasteiger partial charge < -0.3 is 9.84 Å². The van der Waals surface area contributed by atoms with Gasteiger partial charge in [0.05, 0.1) is 6.61 Å². The predicted molar refractivity (Wildman–Crippen MR) is 70.5 cm³/mol. The number of carbonyl (C=O) groups excluding carboxylic acids is 1. The van der Waals surface area contributed by atoms with Crippen LogP contribution in [0.15, 0.2) is 18.2 Å². The van der Waals surface area contributed by atoms with Crippen LogP contribution in [-0.2, 0) is 9.53 Å². The van der Waals surface area contributed by atoms with E-state index in [4.69, 9.17) is 4.74 Å². The van der Waals surface area contributed by atoms with Crippen molar-refractivity contribution in [3.05, 3.63) is 29.3 Å². The summed E-state index contributed by atoms with van der Waals surface area (Å²) in [5, 5.41) is 13.0. The first kappa shape index (κ1) is 14.5. The molecule has 0 saturated carbocycles. The number of carbonyl (C=O) groups is 1. The summed E-state index contributed by atoms with van der Waals surface area (Å²) < 4.78 is 4.93. The Balaban J connectivity index is 2.70. The lowest BCUT2D eigenvalue weighted by Crippen LogP contribution is -2.37. The average molecular weight is 251 g/mol. The third-order valence-electron chi connectivity index (χ3n) is 2.79. The summed E-state index contributed by atoms with van der Waals surface area (Å²) in [6.07, 6.45) is 0. The van der Waals surface area contributed by atoms with Crippen LogP contribution in [0.25, 0.3) is 0 Å². The predicted octanol–water partition coefficient (Wildman–Crippen LogP) is 2.30. The fraction of sp³-hybridized carbons (Fsp3) is 0.500. The minimum atomic E-state index is -0.402. The van der Waals surface area contributed by atoms with E-state index in [1.807, 2.05) is 26.0 Å². The van der Waals surface area contributed by atoms with Gasteiger partial charge in [-0.25, -0.2) is 0 Å². The zero-order chi connectivity index (χ0) is 13.7. The number of ether oxygens (including phenoxy) is 1. The van der Waals surface area contributed by atoms with Gasteiger partial charge in [0.15, 0.2) is 0 Å². The van der Waals surface area contributed by atoms with E-state index in [1.54, 1.807) is 19.9 Å². The number of esters is 1. The van der Waals surface area contributed by atoms with Gasteiger partial charge in [0.2, 0.25) is 0 Å². The quantitative estimate of drug-likeness (QED) is 0.788. The summed E-state index contributed by atoms with van der Waals surface area (Å²) in [4.78, 5) is 11.5. The highest BCUT2D eigenvalue weighted by atomic mass is 16.5. The summed E-state index contributed by atoms with van der Waals surface area (Å²) in [5.41, 5.74) is 1.78. The van der Waals surface area contributed by atoms with Crippen molar-refractivity contribution in [2.75, 3.05) is 6.61 Å². The smallest absolute Gasteiger partial charge is 0.322 e. The molecule has 0 spiro atoms. The molecule has 0 fully saturated rings. The molecule has 0 aliphatic rings. The lowest BCUT2D eigenvalue weighted by atomic mass is 10.0. The zero-order valence-corrected chi connectivity index (χ0v) is 11.4. The van der Waals surface area contributed by atoms with E-state index in [0.29, 0.717) is 6.61 Å². The first-order valence-electron chi connectivity index (χ1n) is 6.18. The minimum Gasteiger partial charge on any atom is -0.508 e. The summed E-state index contributed by atoms with van der Waals surface area (Å²) in [6, 6.07) is 4.98. The van der Waals surface area contributed by atoms with Crippen LogP contribution in [0.5, 0.6) is 5.75 Å². The number of phenolic OH excluding ortho intramolecular Hbond substituents is 1. The van der Waals surface area contributed by atoms with Crippen LogP contribution >= 0.6 is 0 Å². The molecule has 0 heterocycles. The van der Waals surface area contributed by atoms with E-state index in [9.17, 15) is 9.90 Å². The van der Waals surface area contributed by atoms with Crippen molar-refractivity contribution < 1.29 is 14.6 Å². The lowest BCUT2D eigenvalue weighted by Gasteiger charge is -2.20. The van der Waals surface area contributed by atoms with Gasteiger partial charge in [-0.05, 0) is 39.3 Å². The maximum Gasteiger partial charge on any atom is 0.322 e. The van der Waals surface area contributed by atoms with Gasteiger partial charge in [0.1, 0.15) is 11.8 Å². The number of phenols is 1. The standard InChI is InChI=1S/C14H21NO3/c1-5-18-14(17)11(4)15-10(3)12-7-6-9(2)8-13(12)16/h6-8,10-11,15-16H,5H2,1-4H3. The second-order valence-electron chi connectivity index (χ2n) is 4.42. The molecule has 0 saturated heterocycles. The average Bonchev–Trinajstić information content (AvgIpc) is 2.28. The molecule has 0 radical (unpaired) electrons. The van der Waals surface area contributed by atoms with Crippen LogP contribution in [0.3, 0.4) is 0 Å². The van der Waals surface area contributed by atoms with Crippen molar-refractivity contribution in [1.82, 2.24) is 5.32 Å². The third-order valence-corrected chi connectivity index (χ3v) is 2.79. The monoisotopic (exact) mass is 251 g/mol. The normalized spacial score (nSPS) is 14.0. The number of aryl methyl sites for hydroxylation is 1. The van der Waals surface area contributed by atoms with Crippen LogP contribution in [-0.4, -0.2) is 23.7 Å². The topological polar surface area (TPSA) is 58.6 Å². The molecular formula is C14H21NO3. The highest BCUT2D eigenvalue weighted by molar-refractivity contribution is 5.75. The van der Waals surface area contributed by atoms with Gasteiger partial charge in [-0.15, -0.1) is 0 Å². The van der Waals surface area contributed by atoms with E-state index in [0.717, 1.165) is 11.1 Å². The van der Waals surface area contributed by atoms with Crippen molar-refractivity contribution in [3.63, 3.8) is 0 Å². The van der Waals surface area contributed by atoms with Crippen LogP contribution in [0.1, 0.15) is 37.9 Å². The van der Waals surface area contributed by atoms with Gasteiger partial charge in [-0.1, -0.05) is 12.1 Å². The summed E-state index contributed by atoms with van der Waals surface area (Å²) >= 11 is 0. The Morgan fingerprint density at radius 3 is 2.67 bits per heavy atom. The van der Waals surface area contributed by atoms with Crippen LogP contribution in [0.2, 0.25) is 0 Å². The fourth-order valence-corrected chi connectivity index (χ4v) is 1.82. The molecule has 100 valence electrons. The lowest BCUT2D eigenvalue weighted by molar-refractivity contribution is -0.145. The minimum absolute atomic E-state index is 0.120. The van der Waals surface area contributed by atoms with Crippen molar-refractivity contribution in [3.8, 4) is 5.75 Å². The fourth-order valence-electron chi connectivity index (χ4n) is 1.82. The molecule has 4 nitrogen and oxygen atoms in total. The maximum absolute atomic E-state index is 11.5. The van der Waals surface area contributed by atoms with Crippen molar-refractivity contribution in [1.29, 1.82) is 0 Å². The highest BCUT2D eigenvalue weighted by Gasteiger charge is 2.18. The molecule has 18 heavy (non-hydrogen) atoms. The van der Waals surface area contributed by atoms with E-state index in [2.05, 4.69) is 5.32 Å². The first-order chi connectivity index (χ1) is 8.45. The van der Waals surface area contributed by atoms with E-state index >= 15 is 0 Å². The second kappa shape index (κ2) is 6.40. The summed E-state index contributed by atoms with van der Waals surface area (Å²) in [6.45, 7) is 7.72. The van der Waals surface area contributed by atoms with Crippen molar-refractivity contribution in [2.45, 2.75) is 39.8 Å². The molecule has 2 atom stereocenters. The second-order valence-corrected chi connectivity index (χ2v) is 4.42. The van der Waals surface area contributed by atoms with E-state index in [1.165, 1.54) is 0 Å². The first-order valence-corrected chi connectivity index (χ1v) is 6.18. The molecule has 0 amide bonds. The van der Waals surface area contributed by atoms with Gasteiger partial charge in [-0.3, -0.25) is 10.1 Å². The Labute approximate surface area is 108 Å². The highest BCUT2D eigenvalue weighted by Crippen LogP contribution is 2.25. The number of hydrogen-bond acceptors (Lipinski definition) is 4. The number of aromatic hydroxyl groups is 1. The Morgan fingerprint density at radius 2 is 2.11 bits per heavy atom. The molecule has 1 aromatic carbocycles.